The minimum absolute atomic E-state index is 0.507. The molecule has 0 bridgehead atoms. The molecule has 0 amide bonds. The van der Waals surface area contributed by atoms with Crippen LogP contribution in [0.4, 0.5) is 0 Å². The summed E-state index contributed by atoms with van der Waals surface area (Å²) < 4.78 is 0. The minimum atomic E-state index is 0.507. The number of hydrogen-bond acceptors (Lipinski definition) is 1. The molecular formula is C11H10S. The highest BCUT2D eigenvalue weighted by molar-refractivity contribution is 7.10. The molecule has 0 atom stereocenters. The zero-order valence-electron chi connectivity index (χ0n) is 6.68. The first-order chi connectivity index (χ1) is 5.95. The van der Waals surface area contributed by atoms with E-state index in [2.05, 4.69) is 54.0 Å². The highest BCUT2D eigenvalue weighted by Gasteiger charge is 1.96. The van der Waals surface area contributed by atoms with Gasteiger partial charge in [-0.2, -0.15) is 0 Å². The molecule has 0 N–H and O–H groups in total. The molecule has 0 aliphatic heterocycles. The molecule has 1 aromatic rings. The normalized spacial score (nSPS) is 16.7. The molecule has 0 radical (unpaired) electrons. The summed E-state index contributed by atoms with van der Waals surface area (Å²) in [6.07, 6.45) is 12.9. The van der Waals surface area contributed by atoms with Crippen molar-refractivity contribution in [3.8, 4) is 0 Å². The van der Waals surface area contributed by atoms with Crippen molar-refractivity contribution in [2.75, 3.05) is 0 Å². The third kappa shape index (κ3) is 1.74. The summed E-state index contributed by atoms with van der Waals surface area (Å²) in [6.45, 7) is 0. The van der Waals surface area contributed by atoms with Gasteiger partial charge in [-0.15, -0.1) is 11.3 Å². The van der Waals surface area contributed by atoms with Crippen LogP contribution in [-0.2, 0) is 0 Å². The topological polar surface area (TPSA) is 0 Å². The smallest absolute Gasteiger partial charge is 0.0267 e. The maximum absolute atomic E-state index is 2.21. The second-order valence-electron chi connectivity index (χ2n) is 2.72. The quantitative estimate of drug-likeness (QED) is 0.643. The molecule has 0 unspecified atom stereocenters. The first-order valence-corrected chi connectivity index (χ1v) is 4.90. The first-order valence-electron chi connectivity index (χ1n) is 4.02. The van der Waals surface area contributed by atoms with Gasteiger partial charge in [-0.1, -0.05) is 36.4 Å². The molecule has 0 spiro atoms. The van der Waals surface area contributed by atoms with Crippen LogP contribution in [0, 0.1) is 5.92 Å². The fourth-order valence-electron chi connectivity index (χ4n) is 1.17. The van der Waals surface area contributed by atoms with Gasteiger partial charge in [-0.05, 0) is 17.5 Å². The Kier molecular flexibility index (Phi) is 2.23. The number of rotatable bonds is 2. The molecule has 60 valence electrons. The second kappa shape index (κ2) is 3.55. The van der Waals surface area contributed by atoms with Crippen LogP contribution in [0.5, 0.6) is 0 Å². The maximum atomic E-state index is 2.21. The van der Waals surface area contributed by atoms with Crippen molar-refractivity contribution in [3.63, 3.8) is 0 Å². The number of allylic oxidation sites excluding steroid dienone is 5. The van der Waals surface area contributed by atoms with Crippen LogP contribution in [0.2, 0.25) is 0 Å². The van der Waals surface area contributed by atoms with Gasteiger partial charge in [0, 0.05) is 10.8 Å². The molecule has 1 heterocycles. The Morgan fingerprint density at radius 3 is 2.75 bits per heavy atom. The fourth-order valence-corrected chi connectivity index (χ4v) is 1.80. The zero-order chi connectivity index (χ0) is 8.23. The molecule has 0 saturated heterocycles. The van der Waals surface area contributed by atoms with Gasteiger partial charge in [0.2, 0.25) is 0 Å². The monoisotopic (exact) mass is 174 g/mol. The Balaban J connectivity index is 2.03. The van der Waals surface area contributed by atoms with E-state index in [9.17, 15) is 0 Å². The molecule has 0 saturated carbocycles. The average Bonchev–Trinajstić information content (AvgIpc) is 2.74. The largest absolute Gasteiger partial charge is 0.144 e. The van der Waals surface area contributed by atoms with E-state index in [4.69, 9.17) is 0 Å². The molecule has 0 aromatic carbocycles. The zero-order valence-corrected chi connectivity index (χ0v) is 7.50. The lowest BCUT2D eigenvalue weighted by atomic mass is 10.1. The van der Waals surface area contributed by atoms with E-state index in [1.807, 2.05) is 0 Å². The van der Waals surface area contributed by atoms with E-state index in [1.54, 1.807) is 11.3 Å². The van der Waals surface area contributed by atoms with Crippen LogP contribution >= 0.6 is 11.3 Å². The van der Waals surface area contributed by atoms with Crippen molar-refractivity contribution in [1.82, 2.24) is 0 Å². The molecule has 1 aromatic heterocycles. The Hall–Kier alpha value is -1.08. The Morgan fingerprint density at radius 2 is 2.08 bits per heavy atom. The second-order valence-corrected chi connectivity index (χ2v) is 3.70. The lowest BCUT2D eigenvalue weighted by molar-refractivity contribution is 1.10. The average molecular weight is 174 g/mol. The number of hydrogen-bond donors (Lipinski definition) is 0. The SMILES string of the molecule is C1=CC(/C=C/c2cccs2)C=C1. The Morgan fingerprint density at radius 1 is 1.25 bits per heavy atom. The van der Waals surface area contributed by atoms with Crippen LogP contribution in [-0.4, -0.2) is 0 Å². The first kappa shape index (κ1) is 7.56. The Bertz CT molecular complexity index is 303. The van der Waals surface area contributed by atoms with Crippen molar-refractivity contribution in [2.24, 2.45) is 5.92 Å². The van der Waals surface area contributed by atoms with Gasteiger partial charge in [-0.3, -0.25) is 0 Å². The molecule has 2 rings (SSSR count). The van der Waals surface area contributed by atoms with Crippen LogP contribution in [0.3, 0.4) is 0 Å². The van der Waals surface area contributed by atoms with E-state index in [1.165, 1.54) is 4.88 Å². The third-order valence-electron chi connectivity index (χ3n) is 1.80. The molecule has 1 aliphatic rings. The van der Waals surface area contributed by atoms with E-state index < -0.39 is 0 Å². The third-order valence-corrected chi connectivity index (χ3v) is 2.64. The molecule has 1 heteroatoms. The summed E-state index contributed by atoms with van der Waals surface area (Å²) in [6, 6.07) is 4.20. The lowest BCUT2D eigenvalue weighted by Crippen LogP contribution is -1.78. The highest BCUT2D eigenvalue weighted by Crippen LogP contribution is 2.15. The van der Waals surface area contributed by atoms with Crippen molar-refractivity contribution in [1.29, 1.82) is 0 Å². The summed E-state index contributed by atoms with van der Waals surface area (Å²) in [5, 5.41) is 2.10. The predicted octanol–water partition coefficient (Wildman–Crippen LogP) is 3.50. The van der Waals surface area contributed by atoms with Crippen molar-refractivity contribution in [2.45, 2.75) is 0 Å². The number of thiophene rings is 1. The van der Waals surface area contributed by atoms with Crippen LogP contribution < -0.4 is 0 Å². The van der Waals surface area contributed by atoms with Crippen LogP contribution in [0.25, 0.3) is 6.08 Å². The predicted molar refractivity (Wildman–Crippen MR) is 55.1 cm³/mol. The molecule has 0 fully saturated rings. The highest BCUT2D eigenvalue weighted by atomic mass is 32.1. The van der Waals surface area contributed by atoms with E-state index in [-0.39, 0.29) is 0 Å². The Labute approximate surface area is 76.6 Å². The standard InChI is InChI=1S/C11H10S/c1-2-5-10(4-1)7-8-11-6-3-9-12-11/h1-10H/b8-7+. The summed E-state index contributed by atoms with van der Waals surface area (Å²) >= 11 is 1.77. The molecule has 12 heavy (non-hydrogen) atoms. The van der Waals surface area contributed by atoms with Gasteiger partial charge in [0.1, 0.15) is 0 Å². The summed E-state index contributed by atoms with van der Waals surface area (Å²) in [7, 11) is 0. The van der Waals surface area contributed by atoms with Gasteiger partial charge < -0.3 is 0 Å². The van der Waals surface area contributed by atoms with Gasteiger partial charge >= 0.3 is 0 Å². The van der Waals surface area contributed by atoms with Gasteiger partial charge in [-0.25, -0.2) is 0 Å². The van der Waals surface area contributed by atoms with E-state index >= 15 is 0 Å². The van der Waals surface area contributed by atoms with Crippen molar-refractivity contribution in [3.05, 3.63) is 52.8 Å². The minimum Gasteiger partial charge on any atom is -0.144 e. The van der Waals surface area contributed by atoms with Gasteiger partial charge in [0.25, 0.3) is 0 Å². The molecular weight excluding hydrogens is 164 g/mol. The van der Waals surface area contributed by atoms with Gasteiger partial charge in [0.15, 0.2) is 0 Å². The maximum Gasteiger partial charge on any atom is 0.0267 e. The van der Waals surface area contributed by atoms with Crippen LogP contribution in [0.1, 0.15) is 4.88 Å². The molecule has 0 nitrogen and oxygen atoms in total. The van der Waals surface area contributed by atoms with E-state index in [0.717, 1.165) is 0 Å². The van der Waals surface area contributed by atoms with E-state index in [0.29, 0.717) is 5.92 Å². The van der Waals surface area contributed by atoms with Crippen LogP contribution in [0.15, 0.2) is 47.9 Å². The summed E-state index contributed by atoms with van der Waals surface area (Å²) in [5.41, 5.74) is 0. The fraction of sp³-hybridized carbons (Fsp3) is 0.0909. The van der Waals surface area contributed by atoms with Crippen molar-refractivity contribution < 1.29 is 0 Å². The summed E-state index contributed by atoms with van der Waals surface area (Å²) in [4.78, 5) is 1.32. The van der Waals surface area contributed by atoms with Crippen molar-refractivity contribution >= 4 is 17.4 Å². The molecule has 1 aliphatic carbocycles. The van der Waals surface area contributed by atoms with Gasteiger partial charge in [0.05, 0.1) is 0 Å². The lowest BCUT2D eigenvalue weighted by Gasteiger charge is -1.92. The summed E-state index contributed by atoms with van der Waals surface area (Å²) in [5.74, 6) is 0.507.